The molecule has 0 amide bonds. The van der Waals surface area contributed by atoms with Crippen molar-refractivity contribution in [3.05, 3.63) is 35.5 Å². The molecular weight excluding hydrogens is 316 g/mol. The first-order valence-corrected chi connectivity index (χ1v) is 9.54. The Labute approximate surface area is 150 Å². The van der Waals surface area contributed by atoms with Gasteiger partial charge >= 0.3 is 0 Å². The van der Waals surface area contributed by atoms with Gasteiger partial charge in [-0.05, 0) is 62.5 Å². The lowest BCUT2D eigenvalue weighted by Gasteiger charge is -2.48. The lowest BCUT2D eigenvalue weighted by atomic mass is 9.60. The third kappa shape index (κ3) is 3.03. The number of rotatable bonds is 2. The van der Waals surface area contributed by atoms with Crippen LogP contribution in [0.4, 0.5) is 0 Å². The first-order valence-electron chi connectivity index (χ1n) is 9.54. The Morgan fingerprint density at radius 3 is 2.64 bits per heavy atom. The van der Waals surface area contributed by atoms with Crippen molar-refractivity contribution in [2.75, 3.05) is 0 Å². The van der Waals surface area contributed by atoms with Crippen molar-refractivity contribution in [3.8, 4) is 0 Å². The van der Waals surface area contributed by atoms with Crippen LogP contribution in [-0.2, 0) is 0 Å². The van der Waals surface area contributed by atoms with Gasteiger partial charge < -0.3 is 20.4 Å². The Balaban J connectivity index is 1.87. The highest BCUT2D eigenvalue weighted by Crippen LogP contribution is 2.60. The molecule has 3 aliphatic rings. The Morgan fingerprint density at radius 1 is 1.24 bits per heavy atom. The number of allylic oxidation sites excluding steroid dienone is 3. The van der Waals surface area contributed by atoms with Crippen LogP contribution in [-0.4, -0.2) is 44.3 Å². The summed E-state index contributed by atoms with van der Waals surface area (Å²) in [6.45, 7) is 7.78. The Bertz CT molecular complexity index is 605. The molecule has 4 N–H and O–H groups in total. The highest BCUT2D eigenvalue weighted by molar-refractivity contribution is 5.39. The van der Waals surface area contributed by atoms with Gasteiger partial charge in [0.2, 0.25) is 0 Å². The van der Waals surface area contributed by atoms with Crippen LogP contribution in [0.25, 0.3) is 0 Å². The maximum absolute atomic E-state index is 11.1. The lowest BCUT2D eigenvalue weighted by Crippen LogP contribution is -2.53. The van der Waals surface area contributed by atoms with Gasteiger partial charge in [-0.15, -0.1) is 0 Å². The summed E-state index contributed by atoms with van der Waals surface area (Å²) >= 11 is 0. The predicted octanol–water partition coefficient (Wildman–Crippen LogP) is 2.62. The summed E-state index contributed by atoms with van der Waals surface area (Å²) in [5, 5.41) is 41.2. The standard InChI is InChI=1S/C21H32O4/c1-13-16(11-17(23)12-19(13)24)7-6-15-5-4-9-20(3)18(15)8-10-21(20,25)14(2)22/h6-7,14,17-19,22-25H,1,4-5,8-12H2,2-3H3/b15-6+,16-7-/t14-,17+,18-,19-,20-,21-/m0/s1. The third-order valence-corrected chi connectivity index (χ3v) is 7.14. The molecule has 6 atom stereocenters. The number of fused-ring (bicyclic) bond motifs is 1. The summed E-state index contributed by atoms with van der Waals surface area (Å²) in [6, 6.07) is 0. The van der Waals surface area contributed by atoms with Crippen LogP contribution in [0.15, 0.2) is 35.5 Å². The Hall–Kier alpha value is -0.940. The van der Waals surface area contributed by atoms with Gasteiger partial charge in [-0.3, -0.25) is 0 Å². The summed E-state index contributed by atoms with van der Waals surface area (Å²) in [5.74, 6) is 0.268. The summed E-state index contributed by atoms with van der Waals surface area (Å²) in [5.41, 5.74) is 1.60. The monoisotopic (exact) mass is 348 g/mol. The van der Waals surface area contributed by atoms with E-state index >= 15 is 0 Å². The summed E-state index contributed by atoms with van der Waals surface area (Å²) in [7, 11) is 0. The van der Waals surface area contributed by atoms with Gasteiger partial charge in [-0.25, -0.2) is 0 Å². The van der Waals surface area contributed by atoms with Crippen molar-refractivity contribution in [2.24, 2.45) is 11.3 Å². The minimum atomic E-state index is -1.02. The van der Waals surface area contributed by atoms with Gasteiger partial charge in [-0.2, -0.15) is 0 Å². The zero-order chi connectivity index (χ0) is 18.4. The summed E-state index contributed by atoms with van der Waals surface area (Å²) < 4.78 is 0. The van der Waals surface area contributed by atoms with Crippen molar-refractivity contribution in [2.45, 2.75) is 82.7 Å². The van der Waals surface area contributed by atoms with Gasteiger partial charge in [-0.1, -0.05) is 31.2 Å². The van der Waals surface area contributed by atoms with Crippen LogP contribution >= 0.6 is 0 Å². The summed E-state index contributed by atoms with van der Waals surface area (Å²) in [6.07, 6.45) is 7.51. The SMILES string of the molecule is C=C1/C(=C\C=C2/CCC[C@@]3(C)[C@H]2CC[C@]3(O)[C@H](C)O)C[C@@H](O)C[C@@H]1O. The van der Waals surface area contributed by atoms with Crippen molar-refractivity contribution in [1.82, 2.24) is 0 Å². The van der Waals surface area contributed by atoms with E-state index in [9.17, 15) is 20.4 Å². The van der Waals surface area contributed by atoms with Crippen molar-refractivity contribution >= 4 is 0 Å². The van der Waals surface area contributed by atoms with Crippen LogP contribution in [0.2, 0.25) is 0 Å². The van der Waals surface area contributed by atoms with E-state index in [1.54, 1.807) is 6.92 Å². The van der Waals surface area contributed by atoms with Gasteiger partial charge in [0.1, 0.15) is 0 Å². The largest absolute Gasteiger partial charge is 0.393 e. The molecule has 4 heteroatoms. The maximum atomic E-state index is 11.1. The molecule has 4 nitrogen and oxygen atoms in total. The fourth-order valence-electron chi connectivity index (χ4n) is 5.44. The maximum Gasteiger partial charge on any atom is 0.0961 e. The van der Waals surface area contributed by atoms with E-state index in [4.69, 9.17) is 0 Å². The van der Waals surface area contributed by atoms with E-state index in [0.29, 0.717) is 24.8 Å². The Morgan fingerprint density at radius 2 is 1.96 bits per heavy atom. The lowest BCUT2D eigenvalue weighted by molar-refractivity contribution is -0.143. The minimum absolute atomic E-state index is 0.268. The Kier molecular flexibility index (Phi) is 5.02. The van der Waals surface area contributed by atoms with Gasteiger partial charge in [0.25, 0.3) is 0 Å². The molecule has 0 aliphatic heterocycles. The fraction of sp³-hybridized carbons (Fsp3) is 0.714. The molecule has 0 heterocycles. The average molecular weight is 348 g/mol. The molecule has 0 aromatic heterocycles. The quantitative estimate of drug-likeness (QED) is 0.618. The molecule has 0 aromatic rings. The van der Waals surface area contributed by atoms with Crippen molar-refractivity contribution in [3.63, 3.8) is 0 Å². The second-order valence-corrected chi connectivity index (χ2v) is 8.53. The molecule has 140 valence electrons. The van der Waals surface area contributed by atoms with Crippen molar-refractivity contribution in [1.29, 1.82) is 0 Å². The number of aliphatic hydroxyl groups excluding tert-OH is 3. The van der Waals surface area contributed by atoms with Crippen LogP contribution in [0.1, 0.15) is 58.8 Å². The smallest absolute Gasteiger partial charge is 0.0961 e. The second-order valence-electron chi connectivity index (χ2n) is 8.53. The van der Waals surface area contributed by atoms with E-state index in [-0.39, 0.29) is 11.3 Å². The van der Waals surface area contributed by atoms with E-state index < -0.39 is 23.9 Å². The second kappa shape index (κ2) is 6.66. The van der Waals surface area contributed by atoms with Gasteiger partial charge in [0.15, 0.2) is 0 Å². The molecular formula is C21H32O4. The molecule has 3 rings (SSSR count). The molecule has 3 saturated carbocycles. The zero-order valence-corrected chi connectivity index (χ0v) is 15.4. The van der Waals surface area contributed by atoms with Crippen molar-refractivity contribution < 1.29 is 20.4 Å². The molecule has 0 spiro atoms. The number of hydrogen-bond acceptors (Lipinski definition) is 4. The molecule has 0 aromatic carbocycles. The normalized spacial score (nSPS) is 46.5. The van der Waals surface area contributed by atoms with Crippen LogP contribution in [0.5, 0.6) is 0 Å². The third-order valence-electron chi connectivity index (χ3n) is 7.14. The molecule has 3 fully saturated rings. The van der Waals surface area contributed by atoms with E-state index in [1.165, 1.54) is 5.57 Å². The molecule has 0 radical (unpaired) electrons. The minimum Gasteiger partial charge on any atom is -0.393 e. The molecule has 0 bridgehead atoms. The molecule has 3 aliphatic carbocycles. The summed E-state index contributed by atoms with van der Waals surface area (Å²) in [4.78, 5) is 0. The molecule has 25 heavy (non-hydrogen) atoms. The van der Waals surface area contributed by atoms with Crippen LogP contribution in [0, 0.1) is 11.3 Å². The van der Waals surface area contributed by atoms with Gasteiger partial charge in [0.05, 0.1) is 23.9 Å². The number of hydrogen-bond donors (Lipinski definition) is 4. The first kappa shape index (κ1) is 18.8. The average Bonchev–Trinajstić information content (AvgIpc) is 2.83. The molecule has 0 saturated heterocycles. The zero-order valence-electron chi connectivity index (χ0n) is 15.4. The topological polar surface area (TPSA) is 80.9 Å². The van der Waals surface area contributed by atoms with E-state index in [0.717, 1.165) is 31.3 Å². The first-order chi connectivity index (χ1) is 11.7. The van der Waals surface area contributed by atoms with Crippen LogP contribution in [0.3, 0.4) is 0 Å². The van der Waals surface area contributed by atoms with Gasteiger partial charge in [0, 0.05) is 11.8 Å². The highest BCUT2D eigenvalue weighted by atomic mass is 16.3. The fourth-order valence-corrected chi connectivity index (χ4v) is 5.44. The van der Waals surface area contributed by atoms with E-state index in [1.807, 2.05) is 6.08 Å². The predicted molar refractivity (Wildman–Crippen MR) is 97.9 cm³/mol. The van der Waals surface area contributed by atoms with Crippen LogP contribution < -0.4 is 0 Å². The molecule has 0 unspecified atom stereocenters. The van der Waals surface area contributed by atoms with E-state index in [2.05, 4.69) is 19.6 Å². The number of aliphatic hydroxyl groups is 4. The highest BCUT2D eigenvalue weighted by Gasteiger charge is 2.60.